The summed E-state index contributed by atoms with van der Waals surface area (Å²) in [4.78, 5) is 0. The third kappa shape index (κ3) is 7.09. The van der Waals surface area contributed by atoms with E-state index in [2.05, 4.69) is 79.6 Å². The molecule has 25 heavy (non-hydrogen) atoms. The Labute approximate surface area is 179 Å². The van der Waals surface area contributed by atoms with E-state index in [4.69, 9.17) is 12.6 Å². The van der Waals surface area contributed by atoms with Crippen molar-refractivity contribution >= 4 is 41.6 Å². The summed E-state index contributed by atoms with van der Waals surface area (Å²) in [6.07, 6.45) is 0. The van der Waals surface area contributed by atoms with Gasteiger partial charge in [-0.2, -0.15) is 0 Å². The van der Waals surface area contributed by atoms with Gasteiger partial charge in [0.2, 0.25) is 0 Å². The van der Waals surface area contributed by atoms with Gasteiger partial charge in [0.1, 0.15) is 0 Å². The van der Waals surface area contributed by atoms with E-state index in [-0.39, 0.29) is 60.0 Å². The SMILES string of the molecule is C.C.CC(C)(C)c1cc(C(C)(C)C)c(C([S-])=N[O-])c(C(C)(C)C)c1.[Sn+2]. The Morgan fingerprint density at radius 1 is 0.800 bits per heavy atom. The molecule has 0 heterocycles. The van der Waals surface area contributed by atoms with E-state index >= 15 is 0 Å². The first kappa shape index (κ1) is 29.5. The first-order valence-electron chi connectivity index (χ1n) is 7.77. The second-order valence-corrected chi connectivity index (χ2v) is 9.48. The first-order chi connectivity index (χ1) is 9.69. The maximum absolute atomic E-state index is 11.2. The van der Waals surface area contributed by atoms with Crippen molar-refractivity contribution in [2.45, 2.75) is 93.4 Å². The molecule has 4 heteroatoms. The van der Waals surface area contributed by atoms with Crippen LogP contribution in [0.3, 0.4) is 0 Å². The van der Waals surface area contributed by atoms with Crippen LogP contribution in [0.4, 0.5) is 0 Å². The number of benzene rings is 1. The van der Waals surface area contributed by atoms with Crippen LogP contribution in [0.2, 0.25) is 0 Å². The van der Waals surface area contributed by atoms with Crippen molar-refractivity contribution < 1.29 is 0 Å². The van der Waals surface area contributed by atoms with Crippen LogP contribution >= 0.6 is 0 Å². The van der Waals surface area contributed by atoms with E-state index < -0.39 is 0 Å². The van der Waals surface area contributed by atoms with Crippen LogP contribution in [0.15, 0.2) is 17.3 Å². The molecule has 0 spiro atoms. The zero-order valence-corrected chi connectivity index (χ0v) is 19.6. The zero-order chi connectivity index (χ0) is 17.5. The summed E-state index contributed by atoms with van der Waals surface area (Å²) in [5, 5.41) is 14.4. The summed E-state index contributed by atoms with van der Waals surface area (Å²) in [6.45, 7) is 19.5. The summed E-state index contributed by atoms with van der Waals surface area (Å²) in [7, 11) is 0. The Morgan fingerprint density at radius 2 is 1.12 bits per heavy atom. The molecule has 0 aliphatic heterocycles. The van der Waals surface area contributed by atoms with E-state index in [0.717, 1.165) is 16.7 Å². The molecule has 0 unspecified atom stereocenters. The Kier molecular flexibility index (Phi) is 11.3. The number of nitrogens with zero attached hydrogens (tertiary/aromatic N) is 1. The monoisotopic (exact) mass is 471 g/mol. The summed E-state index contributed by atoms with van der Waals surface area (Å²) in [6, 6.07) is 4.39. The predicted molar refractivity (Wildman–Crippen MR) is 119 cm³/mol. The molecule has 0 amide bonds. The van der Waals surface area contributed by atoms with E-state index in [1.807, 2.05) is 0 Å². The van der Waals surface area contributed by atoms with Crippen molar-refractivity contribution in [3.63, 3.8) is 0 Å². The van der Waals surface area contributed by atoms with Gasteiger partial charge in [-0.1, -0.05) is 94.3 Å². The Morgan fingerprint density at radius 3 is 1.32 bits per heavy atom. The van der Waals surface area contributed by atoms with Gasteiger partial charge >= 0.3 is 23.9 Å². The minimum atomic E-state index is -0.106. The van der Waals surface area contributed by atoms with Gasteiger partial charge < -0.3 is 23.0 Å². The Bertz CT molecular complexity index is 552. The van der Waals surface area contributed by atoms with E-state index in [1.54, 1.807) is 0 Å². The molecule has 1 aromatic rings. The van der Waals surface area contributed by atoms with Crippen LogP contribution < -0.4 is 0 Å². The average molecular weight is 470 g/mol. The second-order valence-electron chi connectivity index (χ2n) is 9.09. The molecule has 0 N–H and O–H groups in total. The van der Waals surface area contributed by atoms with Crippen molar-refractivity contribution in [1.82, 2.24) is 0 Å². The minimum absolute atomic E-state index is 0. The van der Waals surface area contributed by atoms with Crippen LogP contribution in [0.25, 0.3) is 0 Å². The molecule has 0 bridgehead atoms. The minimum Gasteiger partial charge on any atom is -0.793 e. The van der Waals surface area contributed by atoms with Crippen molar-refractivity contribution in [3.05, 3.63) is 39.6 Å². The zero-order valence-electron chi connectivity index (χ0n) is 15.9. The second kappa shape index (κ2) is 9.59. The van der Waals surface area contributed by atoms with Crippen LogP contribution in [0.5, 0.6) is 0 Å². The van der Waals surface area contributed by atoms with Gasteiger partial charge in [0.05, 0.1) is 0 Å². The van der Waals surface area contributed by atoms with Gasteiger partial charge in [0.15, 0.2) is 0 Å². The van der Waals surface area contributed by atoms with Crippen molar-refractivity contribution in [2.24, 2.45) is 5.16 Å². The number of hydrogen-bond donors (Lipinski definition) is 0. The van der Waals surface area contributed by atoms with Crippen molar-refractivity contribution in [2.75, 3.05) is 0 Å². The molecule has 0 fully saturated rings. The van der Waals surface area contributed by atoms with Gasteiger partial charge in [0.25, 0.3) is 0 Å². The third-order valence-corrected chi connectivity index (χ3v) is 4.20. The average Bonchev–Trinajstić information content (AvgIpc) is 2.33. The van der Waals surface area contributed by atoms with Gasteiger partial charge in [-0.3, -0.25) is 0 Å². The largest absolute Gasteiger partial charge is 2.00 e. The van der Waals surface area contributed by atoms with Crippen LogP contribution in [0, 0.1) is 5.21 Å². The van der Waals surface area contributed by atoms with Crippen LogP contribution in [-0.2, 0) is 28.9 Å². The molecular weight excluding hydrogens is 433 g/mol. The fraction of sp³-hybridized carbons (Fsp3) is 0.667. The standard InChI is InChI=1S/C19H31NOS.2CH4.Sn/c1-17(2,3)12-10-13(18(4,5)6)15(16(22)20-21)14(11-12)19(7,8)9;;;/h10-11,21H,1-9H3,(H,20,22);2*1H4;/q;;;+2/p-2. The molecule has 2 radical (unpaired) electrons. The molecule has 0 saturated carbocycles. The molecule has 1 rings (SSSR count). The third-order valence-electron chi connectivity index (χ3n) is 3.92. The molecule has 0 saturated heterocycles. The molecule has 0 atom stereocenters. The molecule has 142 valence electrons. The molecule has 0 aliphatic rings. The van der Waals surface area contributed by atoms with Gasteiger partial charge in [-0.05, 0) is 38.5 Å². The summed E-state index contributed by atoms with van der Waals surface area (Å²) in [5.74, 6) is 0. The number of hydrogen-bond acceptors (Lipinski definition) is 3. The fourth-order valence-electron chi connectivity index (χ4n) is 2.53. The quantitative estimate of drug-likeness (QED) is 0.160. The molecule has 0 aliphatic carbocycles. The topological polar surface area (TPSA) is 35.4 Å². The maximum Gasteiger partial charge on any atom is 2.00 e. The molecule has 0 aromatic heterocycles. The summed E-state index contributed by atoms with van der Waals surface area (Å²) in [5.41, 5.74) is 4.15. The predicted octanol–water partition coefficient (Wildman–Crippen LogP) is 6.26. The fourth-order valence-corrected chi connectivity index (χ4v) is 2.75. The first-order valence-corrected chi connectivity index (χ1v) is 8.17. The van der Waals surface area contributed by atoms with Crippen molar-refractivity contribution in [1.29, 1.82) is 0 Å². The van der Waals surface area contributed by atoms with Crippen LogP contribution in [0.1, 0.15) is 99.4 Å². The molecule has 2 nitrogen and oxygen atoms in total. The molecular formula is C21H37NOSSn. The smallest absolute Gasteiger partial charge is 0.793 e. The Hall–Kier alpha value is -0.291. The number of rotatable bonds is 1. The normalized spacial score (nSPS) is 12.6. The van der Waals surface area contributed by atoms with Gasteiger partial charge in [-0.15, -0.1) is 0 Å². The molecule has 1 aromatic carbocycles. The van der Waals surface area contributed by atoms with E-state index in [0.29, 0.717) is 0 Å². The van der Waals surface area contributed by atoms with E-state index in [9.17, 15) is 5.21 Å². The van der Waals surface area contributed by atoms with Gasteiger partial charge in [-0.25, -0.2) is 0 Å². The maximum atomic E-state index is 11.2. The van der Waals surface area contributed by atoms with Crippen molar-refractivity contribution in [3.8, 4) is 0 Å². The van der Waals surface area contributed by atoms with Crippen LogP contribution in [-0.4, -0.2) is 29.0 Å². The van der Waals surface area contributed by atoms with E-state index in [1.165, 1.54) is 5.56 Å². The summed E-state index contributed by atoms with van der Waals surface area (Å²) >= 11 is 5.29. The van der Waals surface area contributed by atoms with Gasteiger partial charge in [0, 0.05) is 0 Å². The summed E-state index contributed by atoms with van der Waals surface area (Å²) < 4.78 is 0. The Balaban J connectivity index is -0.00000161.